The molecule has 4 aromatic carbocycles. The van der Waals surface area contributed by atoms with E-state index in [1.807, 2.05) is 59.5 Å². The van der Waals surface area contributed by atoms with Crippen LogP contribution in [0.5, 0.6) is 5.75 Å². The molecule has 5 rings (SSSR count). The number of amides is 1. The molecule has 0 N–H and O–H groups in total. The van der Waals surface area contributed by atoms with E-state index in [0.29, 0.717) is 19.1 Å². The molecule has 0 spiro atoms. The Balaban J connectivity index is 1.35. The molecule has 1 amide bonds. The fraction of sp³-hybridized carbons (Fsp3) is 0.167. The smallest absolute Gasteiger partial charge is 0.259 e. The molecule has 33 heavy (non-hydrogen) atoms. The summed E-state index contributed by atoms with van der Waals surface area (Å²) in [7, 11) is 0. The average molecular weight is 434 g/mol. The summed E-state index contributed by atoms with van der Waals surface area (Å²) in [5.41, 5.74) is 4.89. The fourth-order valence-corrected chi connectivity index (χ4v) is 4.40. The van der Waals surface area contributed by atoms with E-state index >= 15 is 0 Å². The van der Waals surface area contributed by atoms with E-state index in [0.717, 1.165) is 33.7 Å². The highest BCUT2D eigenvalue weighted by Crippen LogP contribution is 2.38. The minimum atomic E-state index is 0.0705. The van der Waals surface area contributed by atoms with Gasteiger partial charge >= 0.3 is 0 Å². The molecular weight excluding hydrogens is 406 g/mol. The number of fused-ring (bicyclic) bond motifs is 2. The largest absolute Gasteiger partial charge is 0.489 e. The molecule has 3 heteroatoms. The number of para-hydroxylation sites is 1. The third-order valence-electron chi connectivity index (χ3n) is 5.97. The zero-order valence-electron chi connectivity index (χ0n) is 19.0. The molecule has 0 bridgehead atoms. The Morgan fingerprint density at radius 2 is 1.58 bits per heavy atom. The molecule has 0 radical (unpaired) electrons. The van der Waals surface area contributed by atoms with Crippen LogP contribution in [0.15, 0.2) is 91.0 Å². The molecule has 3 nitrogen and oxygen atoms in total. The number of nitrogens with zero attached hydrogens (tertiary/aromatic N) is 1. The first kappa shape index (κ1) is 21.0. The summed E-state index contributed by atoms with van der Waals surface area (Å²) < 4.78 is 6.07. The summed E-state index contributed by atoms with van der Waals surface area (Å²) >= 11 is 0. The van der Waals surface area contributed by atoms with Crippen molar-refractivity contribution in [3.8, 4) is 5.75 Å². The van der Waals surface area contributed by atoms with Crippen LogP contribution < -0.4 is 9.64 Å². The summed E-state index contributed by atoms with van der Waals surface area (Å²) in [5, 5.41) is 2.43. The Hall–Kier alpha value is -3.85. The van der Waals surface area contributed by atoms with Crippen molar-refractivity contribution in [3.05, 3.63) is 108 Å². The molecule has 0 fully saturated rings. The number of ether oxygens (including phenoxy) is 1. The molecule has 1 heterocycles. The normalized spacial score (nSPS) is 14.3. The minimum absolute atomic E-state index is 0.0705. The van der Waals surface area contributed by atoms with Gasteiger partial charge in [-0.3, -0.25) is 4.79 Å². The number of benzene rings is 4. The molecule has 0 saturated carbocycles. The number of carbonyl (C=O) groups is 1. The summed E-state index contributed by atoms with van der Waals surface area (Å²) in [6.07, 6.45) is 1.98. The van der Waals surface area contributed by atoms with Gasteiger partial charge < -0.3 is 9.64 Å². The van der Waals surface area contributed by atoms with Gasteiger partial charge in [-0.1, -0.05) is 86.6 Å². The zero-order valence-corrected chi connectivity index (χ0v) is 19.0. The highest BCUT2D eigenvalue weighted by molar-refractivity contribution is 6.35. The lowest BCUT2D eigenvalue weighted by molar-refractivity contribution is -0.113. The third kappa shape index (κ3) is 4.27. The Morgan fingerprint density at radius 3 is 2.39 bits per heavy atom. The van der Waals surface area contributed by atoms with Crippen LogP contribution in [0.4, 0.5) is 5.69 Å². The molecule has 164 valence electrons. The van der Waals surface area contributed by atoms with Crippen LogP contribution in [0.3, 0.4) is 0 Å². The number of hydrogen-bond donors (Lipinski definition) is 0. The molecule has 0 aromatic heterocycles. The van der Waals surface area contributed by atoms with Crippen LogP contribution in [0, 0.1) is 5.92 Å². The minimum Gasteiger partial charge on any atom is -0.489 e. The Kier molecular flexibility index (Phi) is 5.70. The van der Waals surface area contributed by atoms with Crippen molar-refractivity contribution >= 4 is 34.0 Å². The fourth-order valence-electron chi connectivity index (χ4n) is 4.40. The van der Waals surface area contributed by atoms with Gasteiger partial charge in [-0.2, -0.15) is 0 Å². The number of anilines is 1. The quantitative estimate of drug-likeness (QED) is 0.308. The van der Waals surface area contributed by atoms with E-state index in [4.69, 9.17) is 4.74 Å². The van der Waals surface area contributed by atoms with Crippen molar-refractivity contribution in [1.29, 1.82) is 0 Å². The van der Waals surface area contributed by atoms with Crippen molar-refractivity contribution in [2.45, 2.75) is 20.5 Å². The zero-order chi connectivity index (χ0) is 22.8. The SMILES string of the molecule is CC(C)CN1C(=O)/C(=C\c2ccc(OCc3cccc4ccccc34)cc2)c2ccccc21. The van der Waals surface area contributed by atoms with Gasteiger partial charge in [0, 0.05) is 17.7 Å². The summed E-state index contributed by atoms with van der Waals surface area (Å²) in [6, 6.07) is 30.6. The highest BCUT2D eigenvalue weighted by Gasteiger charge is 2.32. The summed E-state index contributed by atoms with van der Waals surface area (Å²) in [5.74, 6) is 1.28. The second kappa shape index (κ2) is 8.95. The molecule has 1 aliphatic heterocycles. The van der Waals surface area contributed by atoms with Crippen molar-refractivity contribution in [3.63, 3.8) is 0 Å². The lowest BCUT2D eigenvalue weighted by atomic mass is 10.0. The monoisotopic (exact) mass is 433 g/mol. The second-order valence-electron chi connectivity index (χ2n) is 8.88. The van der Waals surface area contributed by atoms with E-state index in [1.54, 1.807) is 0 Å². The van der Waals surface area contributed by atoms with Gasteiger partial charge in [0.05, 0.1) is 5.69 Å². The van der Waals surface area contributed by atoms with E-state index in [2.05, 4.69) is 56.3 Å². The van der Waals surface area contributed by atoms with Gasteiger partial charge in [-0.05, 0) is 52.1 Å². The van der Waals surface area contributed by atoms with Crippen molar-refractivity contribution < 1.29 is 9.53 Å². The Labute approximate surface area is 194 Å². The molecule has 0 atom stereocenters. The van der Waals surface area contributed by atoms with E-state index in [1.165, 1.54) is 10.8 Å². The van der Waals surface area contributed by atoms with Gasteiger partial charge in [0.1, 0.15) is 12.4 Å². The van der Waals surface area contributed by atoms with Crippen LogP contribution >= 0.6 is 0 Å². The van der Waals surface area contributed by atoms with Crippen LogP contribution in [0.2, 0.25) is 0 Å². The molecule has 0 unspecified atom stereocenters. The lowest BCUT2D eigenvalue weighted by Crippen LogP contribution is -2.30. The first-order valence-electron chi connectivity index (χ1n) is 11.4. The maximum Gasteiger partial charge on any atom is 0.259 e. The van der Waals surface area contributed by atoms with Gasteiger partial charge in [0.15, 0.2) is 0 Å². The van der Waals surface area contributed by atoms with Crippen molar-refractivity contribution in [1.82, 2.24) is 0 Å². The highest BCUT2D eigenvalue weighted by atomic mass is 16.5. The first-order chi connectivity index (χ1) is 16.1. The molecule has 4 aromatic rings. The molecular formula is C30H27NO2. The molecule has 0 saturated heterocycles. The second-order valence-corrected chi connectivity index (χ2v) is 8.88. The molecule has 0 aliphatic carbocycles. The Morgan fingerprint density at radius 1 is 0.848 bits per heavy atom. The predicted molar refractivity (Wildman–Crippen MR) is 136 cm³/mol. The number of hydrogen-bond acceptors (Lipinski definition) is 2. The molecule has 1 aliphatic rings. The van der Waals surface area contributed by atoms with Crippen LogP contribution in [-0.2, 0) is 11.4 Å². The first-order valence-corrected chi connectivity index (χ1v) is 11.4. The van der Waals surface area contributed by atoms with Crippen molar-refractivity contribution in [2.24, 2.45) is 5.92 Å². The third-order valence-corrected chi connectivity index (χ3v) is 5.97. The van der Waals surface area contributed by atoms with Crippen LogP contribution in [0.1, 0.15) is 30.5 Å². The Bertz CT molecular complexity index is 1330. The number of carbonyl (C=O) groups excluding carboxylic acids is 1. The van der Waals surface area contributed by atoms with Gasteiger partial charge in [0.25, 0.3) is 5.91 Å². The van der Waals surface area contributed by atoms with Crippen LogP contribution in [-0.4, -0.2) is 12.5 Å². The summed E-state index contributed by atoms with van der Waals surface area (Å²) in [4.78, 5) is 15.1. The van der Waals surface area contributed by atoms with Gasteiger partial charge in [-0.15, -0.1) is 0 Å². The van der Waals surface area contributed by atoms with E-state index in [-0.39, 0.29) is 5.91 Å². The lowest BCUT2D eigenvalue weighted by Gasteiger charge is -2.19. The topological polar surface area (TPSA) is 29.5 Å². The van der Waals surface area contributed by atoms with E-state index in [9.17, 15) is 4.79 Å². The van der Waals surface area contributed by atoms with Gasteiger partial charge in [-0.25, -0.2) is 0 Å². The van der Waals surface area contributed by atoms with Crippen molar-refractivity contribution in [2.75, 3.05) is 11.4 Å². The van der Waals surface area contributed by atoms with Crippen LogP contribution in [0.25, 0.3) is 22.4 Å². The van der Waals surface area contributed by atoms with E-state index < -0.39 is 0 Å². The predicted octanol–water partition coefficient (Wildman–Crippen LogP) is 6.96. The maximum absolute atomic E-state index is 13.2. The standard InChI is InChI=1S/C30H27NO2/c1-21(2)19-31-29-13-6-5-12-27(29)28(30(31)32)18-22-14-16-25(17-15-22)33-20-24-10-7-9-23-8-3-4-11-26(23)24/h3-18,21H,19-20H2,1-2H3/b28-18-. The van der Waals surface area contributed by atoms with Gasteiger partial charge in [0.2, 0.25) is 0 Å². The number of rotatable bonds is 6. The maximum atomic E-state index is 13.2. The summed E-state index contributed by atoms with van der Waals surface area (Å²) in [6.45, 7) is 5.50. The average Bonchev–Trinajstić information content (AvgIpc) is 3.09.